The minimum Gasteiger partial charge on any atom is -0.497 e. The summed E-state index contributed by atoms with van der Waals surface area (Å²) in [5, 5.41) is 2.84. The zero-order valence-electron chi connectivity index (χ0n) is 15.2. The summed E-state index contributed by atoms with van der Waals surface area (Å²) >= 11 is 0. The summed E-state index contributed by atoms with van der Waals surface area (Å²) in [4.78, 5) is 12.5. The molecule has 26 heavy (non-hydrogen) atoms. The molecule has 0 aromatic heterocycles. The first-order valence-corrected chi connectivity index (χ1v) is 9.81. The van der Waals surface area contributed by atoms with E-state index in [1.54, 1.807) is 32.2 Å². The van der Waals surface area contributed by atoms with Gasteiger partial charge in [0.1, 0.15) is 5.75 Å². The number of amides is 1. The van der Waals surface area contributed by atoms with Crippen molar-refractivity contribution >= 4 is 15.9 Å². The highest BCUT2D eigenvalue weighted by molar-refractivity contribution is 7.89. The van der Waals surface area contributed by atoms with Gasteiger partial charge in [0, 0.05) is 6.54 Å². The lowest BCUT2D eigenvalue weighted by Crippen LogP contribution is -2.41. The molecule has 1 N–H and O–H groups in total. The first kappa shape index (κ1) is 19.9. The van der Waals surface area contributed by atoms with Crippen LogP contribution in [0, 0.1) is 0 Å². The predicted octanol–water partition coefficient (Wildman–Crippen LogP) is 2.58. The molecule has 0 aliphatic rings. The van der Waals surface area contributed by atoms with Crippen molar-refractivity contribution < 1.29 is 17.9 Å². The lowest BCUT2D eigenvalue weighted by atomic mass is 10.1. The molecule has 1 amide bonds. The van der Waals surface area contributed by atoms with Crippen molar-refractivity contribution in [2.75, 3.05) is 20.2 Å². The zero-order valence-corrected chi connectivity index (χ0v) is 16.0. The van der Waals surface area contributed by atoms with E-state index in [9.17, 15) is 13.2 Å². The number of methoxy groups -OCH3 is 1. The maximum absolute atomic E-state index is 12.7. The number of nitrogens with zero attached hydrogens (tertiary/aromatic N) is 1. The normalized spacial score (nSPS) is 12.6. The molecule has 0 spiro atoms. The molecule has 6 nitrogen and oxygen atoms in total. The SMILES string of the molecule is CCN(CC(=O)N[C@H](C)c1ccc(OC)cc1)S(=O)(=O)c1ccccc1. The second-order valence-corrected chi connectivity index (χ2v) is 7.74. The van der Waals surface area contributed by atoms with Crippen LogP contribution in [0.25, 0.3) is 0 Å². The summed E-state index contributed by atoms with van der Waals surface area (Å²) in [5.41, 5.74) is 0.910. The molecule has 0 radical (unpaired) electrons. The summed E-state index contributed by atoms with van der Waals surface area (Å²) in [6.07, 6.45) is 0. The molecule has 1 atom stereocenters. The highest BCUT2D eigenvalue weighted by Gasteiger charge is 2.25. The minimum atomic E-state index is -3.70. The van der Waals surface area contributed by atoms with Crippen LogP contribution >= 0.6 is 0 Å². The Morgan fingerprint density at radius 2 is 1.73 bits per heavy atom. The Balaban J connectivity index is 2.04. The Labute approximate surface area is 154 Å². The van der Waals surface area contributed by atoms with E-state index in [2.05, 4.69) is 5.32 Å². The third-order valence-corrected chi connectivity index (χ3v) is 5.98. The summed E-state index contributed by atoms with van der Waals surface area (Å²) < 4.78 is 31.6. The van der Waals surface area contributed by atoms with Gasteiger partial charge in [-0.1, -0.05) is 37.3 Å². The molecule has 2 aromatic rings. The van der Waals surface area contributed by atoms with Crippen molar-refractivity contribution in [2.45, 2.75) is 24.8 Å². The molecule has 0 heterocycles. The molecular weight excluding hydrogens is 352 g/mol. The molecule has 2 aromatic carbocycles. The number of carbonyl (C=O) groups excluding carboxylic acids is 1. The molecular formula is C19H24N2O4S. The number of carbonyl (C=O) groups is 1. The van der Waals surface area contributed by atoms with Crippen molar-refractivity contribution in [1.82, 2.24) is 9.62 Å². The second kappa shape index (κ2) is 8.82. The van der Waals surface area contributed by atoms with Crippen molar-refractivity contribution in [2.24, 2.45) is 0 Å². The molecule has 0 aliphatic heterocycles. The van der Waals surface area contributed by atoms with Crippen LogP contribution in [0.1, 0.15) is 25.5 Å². The molecule has 7 heteroatoms. The van der Waals surface area contributed by atoms with Gasteiger partial charge in [0.25, 0.3) is 0 Å². The van der Waals surface area contributed by atoms with Gasteiger partial charge >= 0.3 is 0 Å². The van der Waals surface area contributed by atoms with Crippen LogP contribution in [0.3, 0.4) is 0 Å². The van der Waals surface area contributed by atoms with Crippen LogP contribution in [-0.2, 0) is 14.8 Å². The number of likely N-dealkylation sites (N-methyl/N-ethyl adjacent to an activating group) is 1. The Morgan fingerprint density at radius 3 is 2.27 bits per heavy atom. The average molecular weight is 376 g/mol. The van der Waals surface area contributed by atoms with Crippen molar-refractivity contribution in [3.63, 3.8) is 0 Å². The second-order valence-electron chi connectivity index (χ2n) is 5.81. The fourth-order valence-corrected chi connectivity index (χ4v) is 3.96. The van der Waals surface area contributed by atoms with E-state index >= 15 is 0 Å². The maximum atomic E-state index is 12.7. The highest BCUT2D eigenvalue weighted by Crippen LogP contribution is 2.18. The minimum absolute atomic E-state index is 0.179. The van der Waals surface area contributed by atoms with Crippen LogP contribution in [0.2, 0.25) is 0 Å². The van der Waals surface area contributed by atoms with Crippen LogP contribution in [-0.4, -0.2) is 38.8 Å². The van der Waals surface area contributed by atoms with E-state index in [4.69, 9.17) is 4.74 Å². The molecule has 2 rings (SSSR count). The zero-order chi connectivity index (χ0) is 19.2. The number of nitrogens with one attached hydrogen (secondary N) is 1. The van der Waals surface area contributed by atoms with E-state index in [-0.39, 0.29) is 29.9 Å². The summed E-state index contributed by atoms with van der Waals surface area (Å²) in [5.74, 6) is 0.382. The van der Waals surface area contributed by atoms with Gasteiger partial charge in [0.05, 0.1) is 24.6 Å². The van der Waals surface area contributed by atoms with Crippen LogP contribution in [0.4, 0.5) is 0 Å². The quantitative estimate of drug-likeness (QED) is 0.768. The lowest BCUT2D eigenvalue weighted by molar-refractivity contribution is -0.121. The van der Waals surface area contributed by atoms with Crippen LogP contribution in [0.5, 0.6) is 5.75 Å². The highest BCUT2D eigenvalue weighted by atomic mass is 32.2. The predicted molar refractivity (Wildman–Crippen MR) is 100 cm³/mol. The Morgan fingerprint density at radius 1 is 1.12 bits per heavy atom. The average Bonchev–Trinajstić information content (AvgIpc) is 2.66. The van der Waals surface area contributed by atoms with E-state index < -0.39 is 10.0 Å². The van der Waals surface area contributed by atoms with Crippen molar-refractivity contribution in [3.05, 3.63) is 60.2 Å². The summed E-state index contributed by atoms with van der Waals surface area (Å²) in [6.45, 7) is 3.54. The third-order valence-electron chi connectivity index (χ3n) is 4.05. The van der Waals surface area contributed by atoms with Gasteiger partial charge in [-0.25, -0.2) is 8.42 Å². The smallest absolute Gasteiger partial charge is 0.243 e. The van der Waals surface area contributed by atoms with Crippen LogP contribution < -0.4 is 10.1 Å². The molecule has 0 fully saturated rings. The van der Waals surface area contributed by atoms with Gasteiger partial charge in [-0.05, 0) is 36.8 Å². The maximum Gasteiger partial charge on any atom is 0.243 e. The van der Waals surface area contributed by atoms with Gasteiger partial charge in [0.15, 0.2) is 0 Å². The fraction of sp³-hybridized carbons (Fsp3) is 0.316. The van der Waals surface area contributed by atoms with E-state index in [1.165, 1.54) is 16.4 Å². The molecule has 0 aliphatic carbocycles. The first-order valence-electron chi connectivity index (χ1n) is 8.37. The van der Waals surface area contributed by atoms with E-state index in [0.717, 1.165) is 11.3 Å². The number of hydrogen-bond acceptors (Lipinski definition) is 4. The number of hydrogen-bond donors (Lipinski definition) is 1. The third kappa shape index (κ3) is 4.83. The first-order chi connectivity index (χ1) is 12.4. The summed E-state index contributed by atoms with van der Waals surface area (Å²) in [7, 11) is -2.11. The topological polar surface area (TPSA) is 75.7 Å². The van der Waals surface area contributed by atoms with Crippen LogP contribution in [0.15, 0.2) is 59.5 Å². The van der Waals surface area contributed by atoms with Gasteiger partial charge in [-0.2, -0.15) is 4.31 Å². The van der Waals surface area contributed by atoms with E-state index in [0.29, 0.717) is 0 Å². The number of ether oxygens (including phenoxy) is 1. The molecule has 0 saturated carbocycles. The van der Waals surface area contributed by atoms with Gasteiger partial charge in [-0.15, -0.1) is 0 Å². The number of rotatable bonds is 8. The lowest BCUT2D eigenvalue weighted by Gasteiger charge is -2.22. The standard InChI is InChI=1S/C19H24N2O4S/c1-4-21(26(23,24)18-8-6-5-7-9-18)14-19(22)20-15(2)16-10-12-17(25-3)13-11-16/h5-13,15H,4,14H2,1-3H3,(H,20,22)/t15-/m1/s1. The Bertz CT molecular complexity index is 820. The summed E-state index contributed by atoms with van der Waals surface area (Å²) in [6, 6.07) is 15.2. The number of sulfonamides is 1. The number of benzene rings is 2. The molecule has 0 unspecified atom stereocenters. The monoisotopic (exact) mass is 376 g/mol. The van der Waals surface area contributed by atoms with Crippen molar-refractivity contribution in [1.29, 1.82) is 0 Å². The molecule has 0 bridgehead atoms. The largest absolute Gasteiger partial charge is 0.497 e. The Kier molecular flexibility index (Phi) is 6.76. The molecule has 140 valence electrons. The van der Waals surface area contributed by atoms with Gasteiger partial charge in [-0.3, -0.25) is 4.79 Å². The Hall–Kier alpha value is -2.38. The van der Waals surface area contributed by atoms with Crippen molar-refractivity contribution in [3.8, 4) is 5.75 Å². The van der Waals surface area contributed by atoms with Gasteiger partial charge < -0.3 is 10.1 Å². The fourth-order valence-electron chi connectivity index (χ4n) is 2.53. The molecule has 0 saturated heterocycles. The van der Waals surface area contributed by atoms with Gasteiger partial charge in [0.2, 0.25) is 15.9 Å². The van der Waals surface area contributed by atoms with E-state index in [1.807, 2.05) is 31.2 Å².